The minimum absolute atomic E-state index is 0.0237. The normalized spacial score (nSPS) is 10.6. The molecule has 0 radical (unpaired) electrons. The van der Waals surface area contributed by atoms with Gasteiger partial charge in [0.1, 0.15) is 0 Å². The van der Waals surface area contributed by atoms with E-state index in [0.29, 0.717) is 11.4 Å². The molecule has 14 heavy (non-hydrogen) atoms. The van der Waals surface area contributed by atoms with Crippen molar-refractivity contribution in [1.82, 2.24) is 0 Å². The summed E-state index contributed by atoms with van der Waals surface area (Å²) in [6, 6.07) is 7.31. The van der Waals surface area contributed by atoms with Crippen LogP contribution in [0.4, 0.5) is 0 Å². The van der Waals surface area contributed by atoms with E-state index >= 15 is 0 Å². The van der Waals surface area contributed by atoms with Gasteiger partial charge in [0.15, 0.2) is 0 Å². The molecular formula is C10H10ClNO2. The molecular weight excluding hydrogens is 202 g/mol. The topological polar surface area (TPSA) is 43.1 Å². The number of nitrogens with zero attached hydrogens (tertiary/aromatic N) is 1. The lowest BCUT2D eigenvalue weighted by molar-refractivity contribution is -0.478. The van der Waals surface area contributed by atoms with E-state index in [9.17, 15) is 10.1 Å². The van der Waals surface area contributed by atoms with E-state index in [0.717, 1.165) is 5.56 Å². The van der Waals surface area contributed by atoms with E-state index in [2.05, 4.69) is 0 Å². The summed E-state index contributed by atoms with van der Waals surface area (Å²) in [6.45, 7) is -0.0237. The molecule has 0 heterocycles. The Morgan fingerprint density at radius 3 is 2.57 bits per heavy atom. The predicted octanol–water partition coefficient (Wildman–Crippen LogP) is 3.02. The number of rotatable bonds is 4. The molecule has 0 saturated carbocycles. The first kappa shape index (κ1) is 10.7. The van der Waals surface area contributed by atoms with Gasteiger partial charge in [0, 0.05) is 16.4 Å². The summed E-state index contributed by atoms with van der Waals surface area (Å²) in [4.78, 5) is 9.68. The van der Waals surface area contributed by atoms with Gasteiger partial charge in [-0.25, -0.2) is 0 Å². The van der Waals surface area contributed by atoms with Crippen LogP contribution in [0, 0.1) is 10.1 Å². The molecule has 74 valence electrons. The summed E-state index contributed by atoms with van der Waals surface area (Å²) >= 11 is 5.70. The number of hydrogen-bond donors (Lipinski definition) is 0. The number of halogens is 1. The summed E-state index contributed by atoms with van der Waals surface area (Å²) in [5.74, 6) is 0. The van der Waals surface area contributed by atoms with Crippen LogP contribution in [0.1, 0.15) is 12.0 Å². The molecule has 4 heteroatoms. The van der Waals surface area contributed by atoms with E-state index in [1.807, 2.05) is 18.2 Å². The third-order valence-electron chi connectivity index (χ3n) is 1.66. The zero-order chi connectivity index (χ0) is 10.4. The van der Waals surface area contributed by atoms with Gasteiger partial charge in [-0.2, -0.15) is 0 Å². The lowest BCUT2D eigenvalue weighted by Crippen LogP contribution is -1.97. The molecule has 0 saturated heterocycles. The molecule has 1 aromatic rings. The quantitative estimate of drug-likeness (QED) is 0.568. The average molecular weight is 212 g/mol. The van der Waals surface area contributed by atoms with Crippen LogP contribution in [-0.2, 0) is 0 Å². The van der Waals surface area contributed by atoms with Crippen molar-refractivity contribution in [1.29, 1.82) is 0 Å². The number of hydrogen-bond acceptors (Lipinski definition) is 2. The molecule has 1 aromatic carbocycles. The number of benzene rings is 1. The fourth-order valence-corrected chi connectivity index (χ4v) is 1.10. The van der Waals surface area contributed by atoms with Crippen LogP contribution >= 0.6 is 11.6 Å². The Bertz CT molecular complexity index is 332. The van der Waals surface area contributed by atoms with Crippen molar-refractivity contribution >= 4 is 17.7 Å². The van der Waals surface area contributed by atoms with Crippen LogP contribution in [-0.4, -0.2) is 11.5 Å². The first-order chi connectivity index (χ1) is 6.68. The summed E-state index contributed by atoms with van der Waals surface area (Å²) in [5.41, 5.74) is 0.998. The Balaban J connectivity index is 2.44. The minimum atomic E-state index is -0.327. The molecule has 0 unspecified atom stereocenters. The van der Waals surface area contributed by atoms with Crippen LogP contribution < -0.4 is 0 Å². The molecule has 1 rings (SSSR count). The van der Waals surface area contributed by atoms with Gasteiger partial charge in [-0.3, -0.25) is 10.1 Å². The SMILES string of the molecule is O=[N+]([O-])CC/C=C/c1ccc(Cl)cc1. The molecule has 0 aliphatic heterocycles. The Labute approximate surface area is 87.2 Å². The average Bonchev–Trinajstić information content (AvgIpc) is 2.15. The summed E-state index contributed by atoms with van der Waals surface area (Å²) in [6.07, 6.45) is 4.08. The first-order valence-electron chi connectivity index (χ1n) is 4.22. The van der Waals surface area contributed by atoms with E-state index in [-0.39, 0.29) is 11.5 Å². The molecule has 0 aliphatic rings. The molecule has 0 N–H and O–H groups in total. The maximum Gasteiger partial charge on any atom is 0.207 e. The lowest BCUT2D eigenvalue weighted by atomic mass is 10.2. The summed E-state index contributed by atoms with van der Waals surface area (Å²) in [5, 5.41) is 10.7. The van der Waals surface area contributed by atoms with Gasteiger partial charge in [-0.05, 0) is 17.7 Å². The minimum Gasteiger partial charge on any atom is -0.265 e. The second-order valence-electron chi connectivity index (χ2n) is 2.80. The highest BCUT2D eigenvalue weighted by atomic mass is 35.5. The van der Waals surface area contributed by atoms with Crippen LogP contribution in [0.15, 0.2) is 30.3 Å². The zero-order valence-electron chi connectivity index (χ0n) is 7.52. The van der Waals surface area contributed by atoms with Crippen molar-refractivity contribution in [3.8, 4) is 0 Å². The zero-order valence-corrected chi connectivity index (χ0v) is 8.28. The fraction of sp³-hybridized carbons (Fsp3) is 0.200. The Morgan fingerprint density at radius 1 is 1.36 bits per heavy atom. The maximum atomic E-state index is 10.0. The third-order valence-corrected chi connectivity index (χ3v) is 1.91. The number of nitro groups is 1. The molecule has 0 aliphatic carbocycles. The van der Waals surface area contributed by atoms with Gasteiger partial charge < -0.3 is 0 Å². The Morgan fingerprint density at radius 2 is 2.00 bits per heavy atom. The van der Waals surface area contributed by atoms with E-state index in [1.54, 1.807) is 18.2 Å². The highest BCUT2D eigenvalue weighted by molar-refractivity contribution is 6.30. The highest BCUT2D eigenvalue weighted by Crippen LogP contribution is 2.10. The molecule has 0 amide bonds. The second-order valence-corrected chi connectivity index (χ2v) is 3.24. The highest BCUT2D eigenvalue weighted by Gasteiger charge is 1.92. The fourth-order valence-electron chi connectivity index (χ4n) is 0.973. The smallest absolute Gasteiger partial charge is 0.207 e. The van der Waals surface area contributed by atoms with Crippen LogP contribution in [0.3, 0.4) is 0 Å². The molecule has 0 bridgehead atoms. The molecule has 3 nitrogen and oxygen atoms in total. The largest absolute Gasteiger partial charge is 0.265 e. The maximum absolute atomic E-state index is 10.0. The Hall–Kier alpha value is -1.35. The van der Waals surface area contributed by atoms with Gasteiger partial charge in [0.05, 0.1) is 0 Å². The third kappa shape index (κ3) is 4.05. The van der Waals surface area contributed by atoms with E-state index in [4.69, 9.17) is 11.6 Å². The van der Waals surface area contributed by atoms with Crippen molar-refractivity contribution < 1.29 is 4.92 Å². The van der Waals surface area contributed by atoms with Gasteiger partial charge >= 0.3 is 0 Å². The van der Waals surface area contributed by atoms with E-state index in [1.165, 1.54) is 0 Å². The van der Waals surface area contributed by atoms with Crippen molar-refractivity contribution in [3.63, 3.8) is 0 Å². The van der Waals surface area contributed by atoms with E-state index < -0.39 is 0 Å². The summed E-state index contributed by atoms with van der Waals surface area (Å²) in [7, 11) is 0. The standard InChI is InChI=1S/C10H10ClNO2/c11-10-6-4-9(5-7-10)3-1-2-8-12(13)14/h1,3-7H,2,8H2/b3-1+. The second kappa shape index (κ2) is 5.40. The van der Waals surface area contributed by atoms with Crippen molar-refractivity contribution in [2.24, 2.45) is 0 Å². The predicted molar refractivity (Wildman–Crippen MR) is 57.0 cm³/mol. The molecule has 0 fully saturated rings. The van der Waals surface area contributed by atoms with Gasteiger partial charge in [-0.1, -0.05) is 35.9 Å². The van der Waals surface area contributed by atoms with Crippen LogP contribution in [0.2, 0.25) is 5.02 Å². The van der Waals surface area contributed by atoms with Gasteiger partial charge in [0.2, 0.25) is 6.54 Å². The van der Waals surface area contributed by atoms with Gasteiger partial charge in [0.25, 0.3) is 0 Å². The van der Waals surface area contributed by atoms with Crippen molar-refractivity contribution in [2.45, 2.75) is 6.42 Å². The van der Waals surface area contributed by atoms with Crippen molar-refractivity contribution in [3.05, 3.63) is 51.0 Å². The molecule has 0 aromatic heterocycles. The molecule has 0 spiro atoms. The molecule has 0 atom stereocenters. The van der Waals surface area contributed by atoms with Crippen LogP contribution in [0.5, 0.6) is 0 Å². The monoisotopic (exact) mass is 211 g/mol. The van der Waals surface area contributed by atoms with Crippen LogP contribution in [0.25, 0.3) is 6.08 Å². The van der Waals surface area contributed by atoms with Crippen molar-refractivity contribution in [2.75, 3.05) is 6.54 Å². The first-order valence-corrected chi connectivity index (χ1v) is 4.60. The van der Waals surface area contributed by atoms with Gasteiger partial charge in [-0.15, -0.1) is 0 Å². The summed E-state index contributed by atoms with van der Waals surface area (Å²) < 4.78 is 0. The Kier molecular flexibility index (Phi) is 4.13. The lowest BCUT2D eigenvalue weighted by Gasteiger charge is -1.92.